The molecule has 1 aromatic carbocycles. The van der Waals surface area contributed by atoms with Crippen LogP contribution >= 0.6 is 22.9 Å². The van der Waals surface area contributed by atoms with Crippen molar-refractivity contribution in [3.63, 3.8) is 0 Å². The molecule has 3 aromatic rings. The summed E-state index contributed by atoms with van der Waals surface area (Å²) in [5.74, 6) is -0.304. The van der Waals surface area contributed by atoms with Crippen molar-refractivity contribution in [2.75, 3.05) is 30.5 Å². The Labute approximate surface area is 170 Å². The Morgan fingerprint density at radius 1 is 1.29 bits per heavy atom. The number of ether oxygens (including phenoxy) is 1. The van der Waals surface area contributed by atoms with Crippen LogP contribution in [0.5, 0.6) is 0 Å². The van der Waals surface area contributed by atoms with Crippen LogP contribution in [0, 0.1) is 0 Å². The van der Waals surface area contributed by atoms with Gasteiger partial charge < -0.3 is 14.5 Å². The number of methoxy groups -OCH3 is 1. The molecule has 0 spiro atoms. The van der Waals surface area contributed by atoms with E-state index >= 15 is 0 Å². The van der Waals surface area contributed by atoms with Crippen molar-refractivity contribution in [3.05, 3.63) is 64.5 Å². The highest BCUT2D eigenvalue weighted by molar-refractivity contribution is 7.14. The number of anilines is 2. The fraction of sp³-hybridized carbons (Fsp3) is 0.211. The summed E-state index contributed by atoms with van der Waals surface area (Å²) >= 11 is 7.12. The second-order valence-electron chi connectivity index (χ2n) is 5.78. The standard InChI is InChI=1S/C19H18ClN3O4S/c1-26-10-8-23(18(25)16-3-2-9-27-16)19-22-15(12-28-19)11-17(24)21-14-6-4-13(20)5-7-14/h2-7,9,12H,8,10-11H2,1H3,(H,21,24). The molecule has 0 unspecified atom stereocenters. The molecule has 146 valence electrons. The first-order valence-corrected chi connectivity index (χ1v) is 9.66. The van der Waals surface area contributed by atoms with Crippen LogP contribution in [0.2, 0.25) is 5.02 Å². The Bertz CT molecular complexity index is 925. The molecule has 0 fully saturated rings. The first kappa shape index (κ1) is 20.1. The molecule has 0 atom stereocenters. The van der Waals surface area contributed by atoms with E-state index in [9.17, 15) is 9.59 Å². The lowest BCUT2D eigenvalue weighted by Gasteiger charge is -2.18. The highest BCUT2D eigenvalue weighted by Gasteiger charge is 2.23. The van der Waals surface area contributed by atoms with Crippen LogP contribution in [0.3, 0.4) is 0 Å². The second kappa shape index (κ2) is 9.50. The van der Waals surface area contributed by atoms with Crippen molar-refractivity contribution in [2.45, 2.75) is 6.42 Å². The molecule has 3 rings (SSSR count). The average molecular weight is 420 g/mol. The number of hydrogen-bond acceptors (Lipinski definition) is 6. The molecule has 28 heavy (non-hydrogen) atoms. The van der Waals surface area contributed by atoms with E-state index in [-0.39, 0.29) is 24.0 Å². The summed E-state index contributed by atoms with van der Waals surface area (Å²) in [6.45, 7) is 0.665. The number of thiazole rings is 1. The third kappa shape index (κ3) is 5.19. The molecular weight excluding hydrogens is 402 g/mol. The number of hydrogen-bond donors (Lipinski definition) is 1. The number of furan rings is 1. The summed E-state index contributed by atoms with van der Waals surface area (Å²) in [6.07, 6.45) is 1.53. The smallest absolute Gasteiger partial charge is 0.295 e. The van der Waals surface area contributed by atoms with Gasteiger partial charge in [-0.2, -0.15) is 0 Å². The van der Waals surface area contributed by atoms with Crippen LogP contribution in [0.4, 0.5) is 10.8 Å². The van der Waals surface area contributed by atoms with E-state index in [0.717, 1.165) is 0 Å². The van der Waals surface area contributed by atoms with Gasteiger partial charge in [-0.05, 0) is 36.4 Å². The molecule has 9 heteroatoms. The normalized spacial score (nSPS) is 10.6. The predicted octanol–water partition coefficient (Wildman–Crippen LogP) is 3.86. The van der Waals surface area contributed by atoms with E-state index < -0.39 is 0 Å². The quantitative estimate of drug-likeness (QED) is 0.599. The Morgan fingerprint density at radius 3 is 2.75 bits per heavy atom. The molecule has 0 aliphatic carbocycles. The topological polar surface area (TPSA) is 84.7 Å². The van der Waals surface area contributed by atoms with E-state index in [2.05, 4.69) is 10.3 Å². The number of benzene rings is 1. The first-order valence-electron chi connectivity index (χ1n) is 8.41. The lowest BCUT2D eigenvalue weighted by Crippen LogP contribution is -2.33. The second-order valence-corrected chi connectivity index (χ2v) is 7.05. The van der Waals surface area contributed by atoms with Gasteiger partial charge in [-0.3, -0.25) is 14.5 Å². The molecule has 2 aromatic heterocycles. The molecular formula is C19H18ClN3O4S. The minimum atomic E-state index is -0.312. The highest BCUT2D eigenvalue weighted by Crippen LogP contribution is 2.23. The fourth-order valence-electron chi connectivity index (χ4n) is 2.40. The maximum absolute atomic E-state index is 12.7. The summed E-state index contributed by atoms with van der Waals surface area (Å²) < 4.78 is 10.3. The van der Waals surface area contributed by atoms with Crippen LogP contribution < -0.4 is 10.2 Å². The van der Waals surface area contributed by atoms with Gasteiger partial charge in [0.05, 0.1) is 31.5 Å². The highest BCUT2D eigenvalue weighted by atomic mass is 35.5. The molecule has 2 amide bonds. The van der Waals surface area contributed by atoms with Crippen molar-refractivity contribution < 1.29 is 18.7 Å². The van der Waals surface area contributed by atoms with Gasteiger partial charge in [-0.1, -0.05) is 11.6 Å². The first-order chi connectivity index (χ1) is 13.6. The minimum Gasteiger partial charge on any atom is -0.459 e. The number of carbonyl (C=O) groups excluding carboxylic acids is 2. The zero-order valence-corrected chi connectivity index (χ0v) is 16.6. The number of nitrogens with zero attached hydrogens (tertiary/aromatic N) is 2. The molecule has 0 aliphatic heterocycles. The predicted molar refractivity (Wildman–Crippen MR) is 108 cm³/mol. The van der Waals surface area contributed by atoms with E-state index in [4.69, 9.17) is 20.8 Å². The molecule has 0 radical (unpaired) electrons. The van der Waals surface area contributed by atoms with Crippen LogP contribution in [-0.2, 0) is 16.0 Å². The summed E-state index contributed by atoms with van der Waals surface area (Å²) in [7, 11) is 1.56. The van der Waals surface area contributed by atoms with Gasteiger partial charge in [-0.15, -0.1) is 11.3 Å². The average Bonchev–Trinajstić information content (AvgIpc) is 3.36. The van der Waals surface area contributed by atoms with Crippen molar-refractivity contribution in [1.29, 1.82) is 0 Å². The monoisotopic (exact) mass is 419 g/mol. The van der Waals surface area contributed by atoms with Gasteiger partial charge in [0.25, 0.3) is 5.91 Å². The van der Waals surface area contributed by atoms with E-state index in [0.29, 0.717) is 34.7 Å². The number of nitrogens with one attached hydrogen (secondary N) is 1. The van der Waals surface area contributed by atoms with E-state index in [1.54, 1.807) is 48.9 Å². The molecule has 0 saturated carbocycles. The van der Waals surface area contributed by atoms with Crippen molar-refractivity contribution in [1.82, 2.24) is 4.98 Å². The molecule has 0 saturated heterocycles. The molecule has 2 heterocycles. The van der Waals surface area contributed by atoms with Crippen LogP contribution in [0.1, 0.15) is 16.2 Å². The van der Waals surface area contributed by atoms with Crippen LogP contribution in [-0.4, -0.2) is 37.1 Å². The third-order valence-electron chi connectivity index (χ3n) is 3.74. The van der Waals surface area contributed by atoms with Gasteiger partial charge in [0.15, 0.2) is 10.9 Å². The maximum Gasteiger partial charge on any atom is 0.295 e. The van der Waals surface area contributed by atoms with Gasteiger partial charge >= 0.3 is 0 Å². The van der Waals surface area contributed by atoms with Gasteiger partial charge in [0, 0.05) is 23.2 Å². The van der Waals surface area contributed by atoms with Crippen LogP contribution in [0.15, 0.2) is 52.5 Å². The largest absolute Gasteiger partial charge is 0.459 e. The Hall–Kier alpha value is -2.68. The van der Waals surface area contributed by atoms with Crippen molar-refractivity contribution >= 4 is 45.6 Å². The Morgan fingerprint density at radius 2 is 2.07 bits per heavy atom. The fourth-order valence-corrected chi connectivity index (χ4v) is 3.38. The maximum atomic E-state index is 12.7. The number of aromatic nitrogens is 1. The molecule has 0 aliphatic rings. The third-order valence-corrected chi connectivity index (χ3v) is 4.90. The molecule has 1 N–H and O–H groups in total. The number of carbonyl (C=O) groups is 2. The Kier molecular flexibility index (Phi) is 6.80. The minimum absolute atomic E-state index is 0.0895. The van der Waals surface area contributed by atoms with E-state index in [1.807, 2.05) is 0 Å². The lowest BCUT2D eigenvalue weighted by molar-refractivity contribution is -0.115. The summed E-state index contributed by atoms with van der Waals surface area (Å²) in [5, 5.41) is 5.62. The lowest BCUT2D eigenvalue weighted by atomic mass is 10.3. The van der Waals surface area contributed by atoms with Crippen LogP contribution in [0.25, 0.3) is 0 Å². The zero-order chi connectivity index (χ0) is 19.9. The van der Waals surface area contributed by atoms with Crippen molar-refractivity contribution in [3.8, 4) is 0 Å². The number of rotatable bonds is 8. The van der Waals surface area contributed by atoms with E-state index in [1.165, 1.54) is 22.5 Å². The Balaban J connectivity index is 1.68. The van der Waals surface area contributed by atoms with Crippen molar-refractivity contribution in [2.24, 2.45) is 0 Å². The zero-order valence-electron chi connectivity index (χ0n) is 15.1. The van der Waals surface area contributed by atoms with Gasteiger partial charge in [-0.25, -0.2) is 4.98 Å². The van der Waals surface area contributed by atoms with Gasteiger partial charge in [0.2, 0.25) is 5.91 Å². The summed E-state index contributed by atoms with van der Waals surface area (Å²) in [5.41, 5.74) is 1.22. The van der Waals surface area contributed by atoms with Gasteiger partial charge in [0.1, 0.15) is 0 Å². The molecule has 7 nitrogen and oxygen atoms in total. The summed E-state index contributed by atoms with van der Waals surface area (Å²) in [6, 6.07) is 10.1. The summed E-state index contributed by atoms with van der Waals surface area (Å²) in [4.78, 5) is 30.8. The number of amides is 2. The SMILES string of the molecule is COCCN(C(=O)c1ccco1)c1nc(CC(=O)Nc2ccc(Cl)cc2)cs1. The molecule has 0 bridgehead atoms. The number of halogens is 1.